The molecule has 2 heterocycles. The zero-order chi connectivity index (χ0) is 22.1. The number of rotatable bonds is 4. The summed E-state index contributed by atoms with van der Waals surface area (Å²) in [7, 11) is 1.51. The number of nitrogens with zero attached hydrogens (tertiary/aromatic N) is 3. The lowest BCUT2D eigenvalue weighted by Crippen LogP contribution is -2.18. The zero-order valence-corrected chi connectivity index (χ0v) is 17.3. The predicted molar refractivity (Wildman–Crippen MR) is 114 cm³/mol. The van der Waals surface area contributed by atoms with Crippen LogP contribution in [-0.2, 0) is 0 Å². The minimum Gasteiger partial charge on any atom is -0.435 e. The number of fused-ring (bicyclic) bond motifs is 1. The standard InChI is InChI=1S/C22H16ClFN4O3/c1-12-3-7-18(16(24)9-12)31-19-8-6-17-20(22(30)26-11-28(17)27-19)14-10-13(21(29)25-2)4-5-15(14)23/h3-11H,1-2H3,(H,25,29). The quantitative estimate of drug-likeness (QED) is 0.520. The maximum Gasteiger partial charge on any atom is 0.281 e. The largest absolute Gasteiger partial charge is 0.435 e. The van der Waals surface area contributed by atoms with Gasteiger partial charge in [-0.3, -0.25) is 9.59 Å². The molecule has 0 saturated heterocycles. The van der Waals surface area contributed by atoms with Crippen molar-refractivity contribution in [3.63, 3.8) is 0 Å². The molecule has 4 aromatic rings. The highest BCUT2D eigenvalue weighted by Gasteiger charge is 2.17. The van der Waals surface area contributed by atoms with E-state index in [1.165, 1.54) is 48.2 Å². The van der Waals surface area contributed by atoms with Crippen LogP contribution in [0.2, 0.25) is 5.02 Å². The third-order valence-corrected chi connectivity index (χ3v) is 4.95. The van der Waals surface area contributed by atoms with Gasteiger partial charge in [0.1, 0.15) is 6.33 Å². The number of hydrogen-bond acceptors (Lipinski definition) is 5. The van der Waals surface area contributed by atoms with Crippen LogP contribution < -0.4 is 15.6 Å². The van der Waals surface area contributed by atoms with Crippen LogP contribution in [0.15, 0.2) is 59.7 Å². The number of nitrogens with one attached hydrogen (secondary N) is 1. The summed E-state index contributed by atoms with van der Waals surface area (Å²) in [6.45, 7) is 1.77. The zero-order valence-electron chi connectivity index (χ0n) is 16.5. The maximum atomic E-state index is 14.1. The number of ether oxygens (including phenoxy) is 1. The Morgan fingerprint density at radius 3 is 2.71 bits per heavy atom. The highest BCUT2D eigenvalue weighted by Crippen LogP contribution is 2.30. The third-order valence-electron chi connectivity index (χ3n) is 4.62. The molecule has 0 spiro atoms. The van der Waals surface area contributed by atoms with Crippen molar-refractivity contribution in [3.05, 3.63) is 87.2 Å². The summed E-state index contributed by atoms with van der Waals surface area (Å²) < 4.78 is 21.0. The van der Waals surface area contributed by atoms with Crippen LogP contribution in [0.4, 0.5) is 4.39 Å². The Kier molecular flexibility index (Phi) is 5.39. The molecule has 156 valence electrons. The minimum atomic E-state index is -0.531. The first-order chi connectivity index (χ1) is 14.9. The molecule has 1 amide bonds. The fraction of sp³-hybridized carbons (Fsp3) is 0.0909. The monoisotopic (exact) mass is 438 g/mol. The minimum absolute atomic E-state index is 0.0213. The number of aryl methyl sites for hydroxylation is 1. The van der Waals surface area contributed by atoms with Crippen LogP contribution in [0.25, 0.3) is 16.6 Å². The highest BCUT2D eigenvalue weighted by atomic mass is 35.5. The van der Waals surface area contributed by atoms with E-state index in [1.807, 2.05) is 0 Å². The Morgan fingerprint density at radius 1 is 1.16 bits per heavy atom. The summed E-state index contributed by atoms with van der Waals surface area (Å²) in [6.07, 6.45) is 1.23. The lowest BCUT2D eigenvalue weighted by atomic mass is 10.0. The van der Waals surface area contributed by atoms with Crippen LogP contribution >= 0.6 is 11.6 Å². The molecule has 31 heavy (non-hydrogen) atoms. The van der Waals surface area contributed by atoms with Gasteiger partial charge in [0.2, 0.25) is 5.88 Å². The molecule has 9 heteroatoms. The van der Waals surface area contributed by atoms with Crippen molar-refractivity contribution in [2.45, 2.75) is 6.92 Å². The van der Waals surface area contributed by atoms with Gasteiger partial charge in [0, 0.05) is 29.3 Å². The first kappa shape index (κ1) is 20.5. The second-order valence-electron chi connectivity index (χ2n) is 6.74. The van der Waals surface area contributed by atoms with Crippen LogP contribution in [0.5, 0.6) is 11.6 Å². The van der Waals surface area contributed by atoms with Crippen molar-refractivity contribution in [3.8, 4) is 22.8 Å². The second kappa shape index (κ2) is 8.16. The molecule has 0 unspecified atom stereocenters. The Bertz CT molecular complexity index is 1390. The highest BCUT2D eigenvalue weighted by molar-refractivity contribution is 6.33. The lowest BCUT2D eigenvalue weighted by Gasteiger charge is -2.11. The molecule has 0 aliphatic carbocycles. The normalized spacial score (nSPS) is 10.8. The molecule has 4 rings (SSSR count). The van der Waals surface area contributed by atoms with Gasteiger partial charge in [-0.2, -0.15) is 4.98 Å². The van der Waals surface area contributed by atoms with Gasteiger partial charge in [-0.25, -0.2) is 8.91 Å². The summed E-state index contributed by atoms with van der Waals surface area (Å²) >= 11 is 6.33. The van der Waals surface area contributed by atoms with E-state index in [-0.39, 0.29) is 28.1 Å². The molecule has 0 atom stereocenters. The Labute approximate surface area is 181 Å². The first-order valence-electron chi connectivity index (χ1n) is 9.22. The predicted octanol–water partition coefficient (Wildman–Crippen LogP) is 4.01. The topological polar surface area (TPSA) is 85.6 Å². The molecule has 2 aromatic carbocycles. The van der Waals surface area contributed by atoms with E-state index in [0.29, 0.717) is 16.6 Å². The molecule has 0 fully saturated rings. The fourth-order valence-electron chi connectivity index (χ4n) is 3.10. The first-order valence-corrected chi connectivity index (χ1v) is 9.60. The van der Waals surface area contributed by atoms with Gasteiger partial charge >= 0.3 is 0 Å². The van der Waals surface area contributed by atoms with Crippen molar-refractivity contribution >= 4 is 23.0 Å². The summed E-state index contributed by atoms with van der Waals surface area (Å²) in [5.74, 6) is -0.705. The average Bonchev–Trinajstić information content (AvgIpc) is 2.76. The average molecular weight is 439 g/mol. The van der Waals surface area contributed by atoms with Crippen molar-refractivity contribution in [2.24, 2.45) is 0 Å². The van der Waals surface area contributed by atoms with Crippen LogP contribution in [0.3, 0.4) is 0 Å². The van der Waals surface area contributed by atoms with E-state index in [4.69, 9.17) is 16.3 Å². The van der Waals surface area contributed by atoms with E-state index < -0.39 is 11.4 Å². The van der Waals surface area contributed by atoms with Gasteiger partial charge in [-0.1, -0.05) is 17.7 Å². The maximum absolute atomic E-state index is 14.1. The summed E-state index contributed by atoms with van der Waals surface area (Å²) in [4.78, 5) is 28.5. The van der Waals surface area contributed by atoms with Crippen molar-refractivity contribution < 1.29 is 13.9 Å². The molecule has 0 aliphatic heterocycles. The number of amides is 1. The Hall–Kier alpha value is -3.78. The summed E-state index contributed by atoms with van der Waals surface area (Å²) in [6, 6.07) is 12.3. The summed E-state index contributed by atoms with van der Waals surface area (Å²) in [5.41, 5.74) is 1.49. The van der Waals surface area contributed by atoms with Crippen LogP contribution in [0, 0.1) is 12.7 Å². The number of hydrogen-bond donors (Lipinski definition) is 1. The van der Waals surface area contributed by atoms with Gasteiger partial charge in [0.25, 0.3) is 11.5 Å². The van der Waals surface area contributed by atoms with Crippen LogP contribution in [-0.4, -0.2) is 27.6 Å². The SMILES string of the molecule is CNC(=O)c1ccc(Cl)c(-c2c(=O)ncn3nc(Oc4ccc(C)cc4F)ccc23)c1. The number of carbonyl (C=O) groups is 1. The fourth-order valence-corrected chi connectivity index (χ4v) is 3.31. The van der Waals surface area contributed by atoms with E-state index in [1.54, 1.807) is 25.1 Å². The van der Waals surface area contributed by atoms with Gasteiger partial charge in [-0.05, 0) is 48.9 Å². The number of benzene rings is 2. The van der Waals surface area contributed by atoms with E-state index in [0.717, 1.165) is 5.56 Å². The molecule has 1 N–H and O–H groups in total. The number of halogens is 2. The van der Waals surface area contributed by atoms with Gasteiger partial charge in [0.15, 0.2) is 11.6 Å². The van der Waals surface area contributed by atoms with E-state index in [2.05, 4.69) is 15.4 Å². The molecular formula is C22H16ClFN4O3. The summed E-state index contributed by atoms with van der Waals surface area (Å²) in [5, 5.41) is 7.08. The molecular weight excluding hydrogens is 423 g/mol. The smallest absolute Gasteiger partial charge is 0.281 e. The second-order valence-corrected chi connectivity index (χ2v) is 7.14. The number of carbonyl (C=O) groups excluding carboxylic acids is 1. The molecule has 2 aromatic heterocycles. The lowest BCUT2D eigenvalue weighted by molar-refractivity contribution is 0.0963. The molecule has 0 radical (unpaired) electrons. The van der Waals surface area contributed by atoms with Crippen molar-refractivity contribution in [1.82, 2.24) is 19.9 Å². The molecule has 7 nitrogen and oxygen atoms in total. The van der Waals surface area contributed by atoms with E-state index >= 15 is 0 Å². The van der Waals surface area contributed by atoms with Crippen LogP contribution in [0.1, 0.15) is 15.9 Å². The van der Waals surface area contributed by atoms with Crippen molar-refractivity contribution in [1.29, 1.82) is 0 Å². The Balaban J connectivity index is 1.82. The molecule has 0 aliphatic rings. The molecule has 0 saturated carbocycles. The number of aromatic nitrogens is 3. The van der Waals surface area contributed by atoms with Gasteiger partial charge < -0.3 is 10.1 Å². The van der Waals surface area contributed by atoms with E-state index in [9.17, 15) is 14.0 Å². The van der Waals surface area contributed by atoms with Gasteiger partial charge in [-0.15, -0.1) is 5.10 Å². The molecule has 0 bridgehead atoms. The third kappa shape index (κ3) is 3.97. The van der Waals surface area contributed by atoms with Crippen molar-refractivity contribution in [2.75, 3.05) is 7.05 Å². The Morgan fingerprint density at radius 2 is 1.97 bits per heavy atom. The van der Waals surface area contributed by atoms with Gasteiger partial charge in [0.05, 0.1) is 11.1 Å².